The predicted octanol–water partition coefficient (Wildman–Crippen LogP) is 4.25. The van der Waals surface area contributed by atoms with Crippen molar-refractivity contribution in [2.75, 3.05) is 19.0 Å². The van der Waals surface area contributed by atoms with Gasteiger partial charge < -0.3 is 14.8 Å². The number of nitriles is 1. The van der Waals surface area contributed by atoms with Crippen LogP contribution in [0.1, 0.15) is 5.56 Å². The number of rotatable bonds is 6. The van der Waals surface area contributed by atoms with Crippen molar-refractivity contribution in [3.63, 3.8) is 0 Å². The fourth-order valence-electron chi connectivity index (χ4n) is 2.53. The fourth-order valence-corrected chi connectivity index (χ4v) is 2.53. The Morgan fingerprint density at radius 2 is 1.63 bits per heavy atom. The lowest BCUT2D eigenvalue weighted by Crippen LogP contribution is -2.20. The molecule has 0 aliphatic heterocycles. The number of anilines is 1. The quantitative estimate of drug-likeness (QED) is 0.715. The van der Waals surface area contributed by atoms with Gasteiger partial charge in [0.15, 0.2) is 6.61 Å². The molecule has 5 nitrogen and oxygen atoms in total. The maximum Gasteiger partial charge on any atom is 0.262 e. The van der Waals surface area contributed by atoms with Gasteiger partial charge in [-0.05, 0) is 47.5 Å². The molecule has 0 bridgehead atoms. The first-order chi connectivity index (χ1) is 13.2. The van der Waals surface area contributed by atoms with Gasteiger partial charge in [-0.3, -0.25) is 4.79 Å². The van der Waals surface area contributed by atoms with Crippen LogP contribution in [-0.2, 0) is 4.79 Å². The second-order valence-corrected chi connectivity index (χ2v) is 5.78. The summed E-state index contributed by atoms with van der Waals surface area (Å²) in [5.41, 5.74) is 3.30. The number of hydrogen-bond acceptors (Lipinski definition) is 4. The van der Waals surface area contributed by atoms with E-state index in [0.29, 0.717) is 22.7 Å². The first-order valence-corrected chi connectivity index (χ1v) is 8.35. The van der Waals surface area contributed by atoms with Crippen LogP contribution < -0.4 is 14.8 Å². The average Bonchev–Trinajstić information content (AvgIpc) is 2.73. The Hall–Kier alpha value is -3.78. The van der Waals surface area contributed by atoms with Crippen LogP contribution in [0, 0.1) is 11.3 Å². The molecule has 0 fully saturated rings. The third-order valence-corrected chi connectivity index (χ3v) is 3.93. The van der Waals surface area contributed by atoms with E-state index in [-0.39, 0.29) is 12.5 Å². The SMILES string of the molecule is COc1cccc(NC(=O)COc2ccc(-c3ccc(C#N)cc3)cc2)c1. The summed E-state index contributed by atoms with van der Waals surface area (Å²) >= 11 is 0. The summed E-state index contributed by atoms with van der Waals surface area (Å²) in [6, 6.07) is 24.0. The van der Waals surface area contributed by atoms with Gasteiger partial charge in [0.05, 0.1) is 18.7 Å². The topological polar surface area (TPSA) is 71.3 Å². The van der Waals surface area contributed by atoms with E-state index < -0.39 is 0 Å². The summed E-state index contributed by atoms with van der Waals surface area (Å²) < 4.78 is 10.7. The van der Waals surface area contributed by atoms with Gasteiger partial charge in [0.25, 0.3) is 5.91 Å². The zero-order chi connectivity index (χ0) is 19.1. The molecule has 1 N–H and O–H groups in total. The van der Waals surface area contributed by atoms with Gasteiger partial charge in [-0.15, -0.1) is 0 Å². The van der Waals surface area contributed by atoms with Crippen LogP contribution in [0.4, 0.5) is 5.69 Å². The largest absolute Gasteiger partial charge is 0.497 e. The molecule has 0 saturated carbocycles. The van der Waals surface area contributed by atoms with E-state index in [1.165, 1.54) is 0 Å². The van der Waals surface area contributed by atoms with Gasteiger partial charge in [-0.2, -0.15) is 5.26 Å². The van der Waals surface area contributed by atoms with Crippen molar-refractivity contribution in [3.8, 4) is 28.7 Å². The minimum absolute atomic E-state index is 0.0899. The number of ether oxygens (including phenoxy) is 2. The number of nitrogens with zero attached hydrogens (tertiary/aromatic N) is 1. The van der Waals surface area contributed by atoms with Crippen molar-refractivity contribution in [2.24, 2.45) is 0 Å². The van der Waals surface area contributed by atoms with E-state index >= 15 is 0 Å². The predicted molar refractivity (Wildman–Crippen MR) is 104 cm³/mol. The minimum atomic E-state index is -0.251. The standard InChI is InChI=1S/C22H18N2O3/c1-26-21-4-2-3-19(13-21)24-22(25)15-27-20-11-9-18(10-12-20)17-7-5-16(14-23)6-8-17/h2-13H,15H2,1H3,(H,24,25). The zero-order valence-corrected chi connectivity index (χ0v) is 14.8. The molecule has 0 saturated heterocycles. The Kier molecular flexibility index (Phi) is 5.70. The lowest BCUT2D eigenvalue weighted by Gasteiger charge is -2.09. The number of benzene rings is 3. The minimum Gasteiger partial charge on any atom is -0.497 e. The summed E-state index contributed by atoms with van der Waals surface area (Å²) in [4.78, 5) is 12.0. The molecule has 3 aromatic carbocycles. The highest BCUT2D eigenvalue weighted by molar-refractivity contribution is 5.92. The Morgan fingerprint density at radius 3 is 2.26 bits per heavy atom. The van der Waals surface area contributed by atoms with E-state index in [1.807, 2.05) is 42.5 Å². The molecule has 27 heavy (non-hydrogen) atoms. The van der Waals surface area contributed by atoms with Crippen molar-refractivity contribution in [2.45, 2.75) is 0 Å². The molecule has 0 aromatic heterocycles. The summed E-state index contributed by atoms with van der Waals surface area (Å²) in [5.74, 6) is 1.03. The molecule has 3 rings (SSSR count). The third-order valence-electron chi connectivity index (χ3n) is 3.93. The second kappa shape index (κ2) is 8.54. The normalized spacial score (nSPS) is 9.93. The maximum atomic E-state index is 12.0. The second-order valence-electron chi connectivity index (χ2n) is 5.78. The highest BCUT2D eigenvalue weighted by atomic mass is 16.5. The highest BCUT2D eigenvalue weighted by Gasteiger charge is 2.05. The zero-order valence-electron chi connectivity index (χ0n) is 14.8. The lowest BCUT2D eigenvalue weighted by molar-refractivity contribution is -0.118. The first kappa shape index (κ1) is 18.0. The molecule has 0 spiro atoms. The van der Waals surface area contributed by atoms with Crippen molar-refractivity contribution in [3.05, 3.63) is 78.4 Å². The summed E-state index contributed by atoms with van der Waals surface area (Å²) in [7, 11) is 1.57. The number of nitrogens with one attached hydrogen (secondary N) is 1. The first-order valence-electron chi connectivity index (χ1n) is 8.35. The van der Waals surface area contributed by atoms with Crippen LogP contribution in [0.25, 0.3) is 11.1 Å². The lowest BCUT2D eigenvalue weighted by atomic mass is 10.0. The van der Waals surface area contributed by atoms with E-state index in [4.69, 9.17) is 14.7 Å². The Morgan fingerprint density at radius 1 is 0.963 bits per heavy atom. The number of carbonyl (C=O) groups is 1. The van der Waals surface area contributed by atoms with Gasteiger partial charge in [0, 0.05) is 11.8 Å². The van der Waals surface area contributed by atoms with E-state index in [9.17, 15) is 4.79 Å². The van der Waals surface area contributed by atoms with Crippen LogP contribution in [0.5, 0.6) is 11.5 Å². The summed E-state index contributed by atoms with van der Waals surface area (Å²) in [6.07, 6.45) is 0. The van der Waals surface area contributed by atoms with Crippen molar-refractivity contribution in [1.29, 1.82) is 5.26 Å². The molecular formula is C22H18N2O3. The maximum absolute atomic E-state index is 12.0. The Balaban J connectivity index is 1.56. The highest BCUT2D eigenvalue weighted by Crippen LogP contribution is 2.23. The van der Waals surface area contributed by atoms with Crippen LogP contribution in [-0.4, -0.2) is 19.6 Å². The van der Waals surface area contributed by atoms with Gasteiger partial charge in [0.2, 0.25) is 0 Å². The van der Waals surface area contributed by atoms with Gasteiger partial charge in [-0.1, -0.05) is 30.3 Å². The van der Waals surface area contributed by atoms with Crippen molar-refractivity contribution < 1.29 is 14.3 Å². The van der Waals surface area contributed by atoms with Crippen LogP contribution in [0.15, 0.2) is 72.8 Å². The van der Waals surface area contributed by atoms with Crippen LogP contribution in [0.2, 0.25) is 0 Å². The molecule has 5 heteroatoms. The molecule has 3 aromatic rings. The molecule has 0 aliphatic rings. The number of carbonyl (C=O) groups excluding carboxylic acids is 1. The molecule has 0 aliphatic carbocycles. The smallest absolute Gasteiger partial charge is 0.262 e. The van der Waals surface area contributed by atoms with E-state index in [2.05, 4.69) is 11.4 Å². The monoisotopic (exact) mass is 358 g/mol. The van der Waals surface area contributed by atoms with Gasteiger partial charge >= 0.3 is 0 Å². The van der Waals surface area contributed by atoms with Crippen molar-refractivity contribution >= 4 is 11.6 Å². The number of methoxy groups -OCH3 is 1. The number of hydrogen-bond donors (Lipinski definition) is 1. The third kappa shape index (κ3) is 4.86. The summed E-state index contributed by atoms with van der Waals surface area (Å²) in [6.45, 7) is -0.0899. The molecule has 0 heterocycles. The summed E-state index contributed by atoms with van der Waals surface area (Å²) in [5, 5.41) is 11.6. The van der Waals surface area contributed by atoms with E-state index in [1.54, 1.807) is 37.4 Å². The van der Waals surface area contributed by atoms with Gasteiger partial charge in [0.1, 0.15) is 11.5 Å². The molecule has 1 amide bonds. The molecule has 0 unspecified atom stereocenters. The molecule has 0 radical (unpaired) electrons. The van der Waals surface area contributed by atoms with Crippen LogP contribution in [0.3, 0.4) is 0 Å². The Labute approximate surface area is 157 Å². The van der Waals surface area contributed by atoms with Gasteiger partial charge in [-0.25, -0.2) is 0 Å². The Bertz CT molecular complexity index is 958. The fraction of sp³-hybridized carbons (Fsp3) is 0.0909. The average molecular weight is 358 g/mol. The number of amides is 1. The molecule has 0 atom stereocenters. The molecule has 134 valence electrons. The molecular weight excluding hydrogens is 340 g/mol. The van der Waals surface area contributed by atoms with Crippen LogP contribution >= 0.6 is 0 Å². The van der Waals surface area contributed by atoms with E-state index in [0.717, 1.165) is 11.1 Å². The van der Waals surface area contributed by atoms with Crippen molar-refractivity contribution in [1.82, 2.24) is 0 Å².